The molecule has 0 spiro atoms. The van der Waals surface area contributed by atoms with Crippen molar-refractivity contribution in [2.75, 3.05) is 6.61 Å². The molecule has 1 aliphatic heterocycles. The van der Waals surface area contributed by atoms with Gasteiger partial charge in [0.2, 0.25) is 0 Å². The Morgan fingerprint density at radius 3 is 2.61 bits per heavy atom. The SMILES string of the molecule is Cc1c2c(nn1C)CSCc1cc(n(C)n1)CSc1cc(c3ccccc3c1)OCCCc1c(C(=O)O)n(C)c3c-2c([SiH3])ccc13. The third-order valence-corrected chi connectivity index (χ3v) is 11.9. The Morgan fingerprint density at radius 1 is 0.957 bits per heavy atom. The predicted octanol–water partition coefficient (Wildman–Crippen LogP) is 5.51. The molecule has 7 rings (SSSR count). The highest BCUT2D eigenvalue weighted by Gasteiger charge is 2.26. The zero-order valence-electron chi connectivity index (χ0n) is 26.8. The number of hydrogen-bond acceptors (Lipinski definition) is 6. The Kier molecular flexibility index (Phi) is 8.24. The minimum atomic E-state index is -0.908. The average molecular weight is 668 g/mol. The van der Waals surface area contributed by atoms with Crippen molar-refractivity contribution in [1.29, 1.82) is 0 Å². The monoisotopic (exact) mass is 667 g/mol. The quantitative estimate of drug-likeness (QED) is 0.232. The van der Waals surface area contributed by atoms with Crippen molar-refractivity contribution in [2.45, 2.75) is 41.9 Å². The van der Waals surface area contributed by atoms with Crippen molar-refractivity contribution in [2.24, 2.45) is 21.1 Å². The Labute approximate surface area is 279 Å². The number of fused-ring (bicyclic) bond motifs is 8. The second-order valence-electron chi connectivity index (χ2n) is 12.0. The summed E-state index contributed by atoms with van der Waals surface area (Å²) in [4.78, 5) is 13.9. The van der Waals surface area contributed by atoms with Gasteiger partial charge in [-0.3, -0.25) is 9.36 Å². The van der Waals surface area contributed by atoms with E-state index in [1.807, 2.05) is 52.9 Å². The zero-order valence-corrected chi connectivity index (χ0v) is 30.4. The number of thioether (sulfide) groups is 2. The molecule has 0 fully saturated rings. The lowest BCUT2D eigenvalue weighted by molar-refractivity contribution is 0.0685. The van der Waals surface area contributed by atoms with Gasteiger partial charge in [0.15, 0.2) is 0 Å². The van der Waals surface area contributed by atoms with Gasteiger partial charge in [0, 0.05) is 86.8 Å². The van der Waals surface area contributed by atoms with Gasteiger partial charge >= 0.3 is 5.97 Å². The summed E-state index contributed by atoms with van der Waals surface area (Å²) in [5, 5.41) is 24.7. The fraction of sp³-hybridized carbons (Fsp3) is 0.286. The second kappa shape index (κ2) is 12.3. The fourth-order valence-electron chi connectivity index (χ4n) is 6.74. The molecule has 8 bridgehead atoms. The number of benzene rings is 3. The van der Waals surface area contributed by atoms with Crippen LogP contribution in [0.15, 0.2) is 59.5 Å². The van der Waals surface area contributed by atoms with Crippen LogP contribution < -0.4 is 9.92 Å². The van der Waals surface area contributed by atoms with Gasteiger partial charge in [-0.1, -0.05) is 41.6 Å². The molecule has 3 aromatic carbocycles. The van der Waals surface area contributed by atoms with E-state index >= 15 is 0 Å². The van der Waals surface area contributed by atoms with Crippen LogP contribution in [0.5, 0.6) is 5.75 Å². The van der Waals surface area contributed by atoms with Gasteiger partial charge in [-0.25, -0.2) is 4.79 Å². The first-order valence-corrected chi connectivity index (χ1v) is 18.6. The van der Waals surface area contributed by atoms with Gasteiger partial charge in [0.1, 0.15) is 11.4 Å². The van der Waals surface area contributed by atoms with E-state index in [0.717, 1.165) is 93.6 Å². The third kappa shape index (κ3) is 5.44. The highest BCUT2D eigenvalue weighted by molar-refractivity contribution is 7.98. The molecule has 4 heterocycles. The van der Waals surface area contributed by atoms with Crippen molar-refractivity contribution in [1.82, 2.24) is 24.1 Å². The molecule has 46 heavy (non-hydrogen) atoms. The molecule has 1 aliphatic rings. The molecule has 0 saturated carbocycles. The summed E-state index contributed by atoms with van der Waals surface area (Å²) < 4.78 is 12.3. The number of ether oxygens (including phenoxy) is 1. The molecule has 1 N–H and O–H groups in total. The highest BCUT2D eigenvalue weighted by atomic mass is 32.2. The summed E-state index contributed by atoms with van der Waals surface area (Å²) >= 11 is 3.59. The van der Waals surface area contributed by atoms with Crippen LogP contribution in [0.3, 0.4) is 0 Å². The highest BCUT2D eigenvalue weighted by Crippen LogP contribution is 2.38. The van der Waals surface area contributed by atoms with E-state index < -0.39 is 5.97 Å². The molecular weight excluding hydrogens is 631 g/mol. The number of carboxylic acids is 1. The van der Waals surface area contributed by atoms with Crippen LogP contribution >= 0.6 is 23.5 Å². The summed E-state index contributed by atoms with van der Waals surface area (Å²) in [6.07, 6.45) is 1.29. The second-order valence-corrected chi connectivity index (χ2v) is 15.1. The molecule has 8 nitrogen and oxygen atoms in total. The van der Waals surface area contributed by atoms with E-state index in [4.69, 9.17) is 14.9 Å². The molecule has 236 valence electrons. The van der Waals surface area contributed by atoms with Crippen LogP contribution in [0.1, 0.15) is 45.2 Å². The molecule has 11 heteroatoms. The van der Waals surface area contributed by atoms with E-state index in [1.165, 1.54) is 10.9 Å². The smallest absolute Gasteiger partial charge is 0.352 e. The van der Waals surface area contributed by atoms with Crippen molar-refractivity contribution < 1.29 is 14.6 Å². The summed E-state index contributed by atoms with van der Waals surface area (Å²) in [6.45, 7) is 2.59. The van der Waals surface area contributed by atoms with E-state index in [2.05, 4.69) is 55.5 Å². The molecule has 0 saturated heterocycles. The largest absolute Gasteiger partial charge is 0.493 e. The maximum Gasteiger partial charge on any atom is 0.352 e. The first kappa shape index (κ1) is 30.7. The molecule has 0 aliphatic carbocycles. The minimum absolute atomic E-state index is 0.345. The number of aromatic carboxylic acids is 1. The Balaban J connectivity index is 1.36. The fourth-order valence-corrected chi connectivity index (χ4v) is 9.23. The van der Waals surface area contributed by atoms with Crippen molar-refractivity contribution in [3.05, 3.63) is 88.6 Å². The predicted molar refractivity (Wildman–Crippen MR) is 192 cm³/mol. The summed E-state index contributed by atoms with van der Waals surface area (Å²) in [5.74, 6) is 2.25. The lowest BCUT2D eigenvalue weighted by Gasteiger charge is -2.13. The molecule has 0 atom stereocenters. The number of hydrogen-bond donors (Lipinski definition) is 1. The molecule has 3 aromatic heterocycles. The lowest BCUT2D eigenvalue weighted by atomic mass is 9.98. The summed E-state index contributed by atoms with van der Waals surface area (Å²) in [7, 11) is 6.72. The zero-order chi connectivity index (χ0) is 32.1. The van der Waals surface area contributed by atoms with Crippen LogP contribution in [0.2, 0.25) is 0 Å². The standard InChI is InChI=1S/C35H37N5O3S2Si/c1-20-31-28(37-39(20)3)19-44-17-22-15-23(40(4)36-22)18-45-24-14-21-8-5-6-9-25(21)29(16-24)43-13-7-10-26-27-11-12-30(46)32(31)33(27)38(2)34(26)35(41)42/h5-6,8-9,11-12,14-16H,7,10,13,17-19H2,1-4,46H3,(H,41,42). The van der Waals surface area contributed by atoms with E-state index in [0.29, 0.717) is 25.1 Å². The van der Waals surface area contributed by atoms with Gasteiger partial charge in [0.05, 0.1) is 23.5 Å². The Bertz CT molecular complexity index is 2150. The molecule has 6 aromatic rings. The maximum atomic E-state index is 12.8. The topological polar surface area (TPSA) is 87.1 Å². The number of nitrogens with zero attached hydrogens (tertiary/aromatic N) is 5. The number of carboxylic acid groups (broad SMARTS) is 1. The Morgan fingerprint density at radius 2 is 1.78 bits per heavy atom. The van der Waals surface area contributed by atoms with Crippen LogP contribution in [0, 0.1) is 6.92 Å². The summed E-state index contributed by atoms with van der Waals surface area (Å²) in [6, 6.07) is 19.2. The van der Waals surface area contributed by atoms with Crippen molar-refractivity contribution >= 4 is 66.6 Å². The number of aromatic nitrogens is 5. The number of rotatable bonds is 1. The van der Waals surface area contributed by atoms with Gasteiger partial charge in [-0.2, -0.15) is 10.2 Å². The number of carbonyl (C=O) groups is 1. The summed E-state index contributed by atoms with van der Waals surface area (Å²) in [5.41, 5.74) is 8.74. The van der Waals surface area contributed by atoms with Crippen LogP contribution in [0.25, 0.3) is 32.8 Å². The maximum absolute atomic E-state index is 12.8. The van der Waals surface area contributed by atoms with E-state index in [1.54, 1.807) is 11.8 Å². The first-order valence-electron chi connectivity index (χ1n) is 15.5. The Hall–Kier alpha value is -3.93. The van der Waals surface area contributed by atoms with Crippen LogP contribution in [0.4, 0.5) is 0 Å². The molecule has 0 amide bonds. The van der Waals surface area contributed by atoms with Crippen LogP contribution in [-0.2, 0) is 44.8 Å². The normalized spacial score (nSPS) is 14.3. The van der Waals surface area contributed by atoms with Gasteiger partial charge in [0.25, 0.3) is 0 Å². The van der Waals surface area contributed by atoms with E-state index in [-0.39, 0.29) is 0 Å². The minimum Gasteiger partial charge on any atom is -0.493 e. The average Bonchev–Trinajstić information content (AvgIpc) is 3.63. The molecule has 0 unspecified atom stereocenters. The number of aryl methyl sites for hydroxylation is 4. The third-order valence-electron chi connectivity index (χ3n) is 9.06. The first-order chi connectivity index (χ1) is 22.2. The lowest BCUT2D eigenvalue weighted by Crippen LogP contribution is -2.11. The van der Waals surface area contributed by atoms with Gasteiger partial charge < -0.3 is 14.4 Å². The van der Waals surface area contributed by atoms with Crippen molar-refractivity contribution in [3.63, 3.8) is 0 Å². The molecular formula is C35H37N5O3S2Si. The van der Waals surface area contributed by atoms with E-state index in [9.17, 15) is 9.90 Å². The van der Waals surface area contributed by atoms with Gasteiger partial charge in [-0.15, -0.1) is 23.5 Å². The van der Waals surface area contributed by atoms with Crippen molar-refractivity contribution in [3.8, 4) is 16.9 Å². The van der Waals surface area contributed by atoms with Crippen LogP contribution in [-0.4, -0.2) is 52.1 Å². The molecule has 0 radical (unpaired) electrons. The van der Waals surface area contributed by atoms with Gasteiger partial charge in [-0.05, 0) is 48.9 Å².